The van der Waals surface area contributed by atoms with E-state index in [-0.39, 0.29) is 0 Å². The van der Waals surface area contributed by atoms with Crippen LogP contribution in [0.4, 0.5) is 0 Å². The molecular formula is C7H12N4. The van der Waals surface area contributed by atoms with Gasteiger partial charge >= 0.3 is 0 Å². The third-order valence-electron chi connectivity index (χ3n) is 1.25. The number of aromatic amines is 1. The number of hydrogen-bond acceptors (Lipinski definition) is 2. The summed E-state index contributed by atoms with van der Waals surface area (Å²) in [6, 6.07) is 0. The fourth-order valence-electron chi connectivity index (χ4n) is 0.712. The molecule has 11 heavy (non-hydrogen) atoms. The van der Waals surface area contributed by atoms with E-state index in [9.17, 15) is 0 Å². The van der Waals surface area contributed by atoms with Crippen LogP contribution in [0.1, 0.15) is 19.2 Å². The van der Waals surface area contributed by atoms with Crippen molar-refractivity contribution in [3.05, 3.63) is 18.2 Å². The van der Waals surface area contributed by atoms with Crippen molar-refractivity contribution >= 4 is 5.84 Å². The van der Waals surface area contributed by atoms with Crippen molar-refractivity contribution in [3.63, 3.8) is 0 Å². The van der Waals surface area contributed by atoms with Crippen LogP contribution in [-0.2, 0) is 0 Å². The molecule has 0 radical (unpaired) electrons. The summed E-state index contributed by atoms with van der Waals surface area (Å²) in [4.78, 5) is 10.9. The molecule has 1 rings (SSSR count). The van der Waals surface area contributed by atoms with Crippen LogP contribution in [0.15, 0.2) is 17.4 Å². The molecule has 4 heteroatoms. The second-order valence-electron chi connectivity index (χ2n) is 2.20. The van der Waals surface area contributed by atoms with Gasteiger partial charge < -0.3 is 10.7 Å². The molecule has 0 bridgehead atoms. The van der Waals surface area contributed by atoms with Crippen LogP contribution < -0.4 is 5.73 Å². The van der Waals surface area contributed by atoms with Crippen LogP contribution >= 0.6 is 0 Å². The molecule has 0 aromatic carbocycles. The highest BCUT2D eigenvalue weighted by molar-refractivity contribution is 5.93. The molecule has 0 spiro atoms. The van der Waals surface area contributed by atoms with E-state index in [1.165, 1.54) is 0 Å². The number of hydrogen-bond donors (Lipinski definition) is 2. The second kappa shape index (κ2) is 3.75. The van der Waals surface area contributed by atoms with Gasteiger partial charge in [0, 0.05) is 18.9 Å². The Hall–Kier alpha value is -1.32. The summed E-state index contributed by atoms with van der Waals surface area (Å²) in [7, 11) is 0. The van der Waals surface area contributed by atoms with E-state index >= 15 is 0 Å². The van der Waals surface area contributed by atoms with Gasteiger partial charge in [0.15, 0.2) is 11.7 Å². The van der Waals surface area contributed by atoms with Gasteiger partial charge in [0.1, 0.15) is 0 Å². The first kappa shape index (κ1) is 7.78. The van der Waals surface area contributed by atoms with Crippen LogP contribution in [0.2, 0.25) is 0 Å². The Balaban J connectivity index is 2.62. The van der Waals surface area contributed by atoms with Gasteiger partial charge in [0.05, 0.1) is 0 Å². The summed E-state index contributed by atoms with van der Waals surface area (Å²) in [6.07, 6.45) is 4.38. The van der Waals surface area contributed by atoms with Gasteiger partial charge in [-0.1, -0.05) is 6.92 Å². The topological polar surface area (TPSA) is 67.1 Å². The van der Waals surface area contributed by atoms with Crippen molar-refractivity contribution in [1.29, 1.82) is 0 Å². The fourth-order valence-corrected chi connectivity index (χ4v) is 0.712. The van der Waals surface area contributed by atoms with Gasteiger partial charge in [-0.25, -0.2) is 4.98 Å². The first-order valence-electron chi connectivity index (χ1n) is 3.64. The molecule has 0 atom stereocenters. The molecule has 1 aromatic heterocycles. The van der Waals surface area contributed by atoms with Crippen molar-refractivity contribution in [2.45, 2.75) is 13.3 Å². The van der Waals surface area contributed by atoms with E-state index in [1.54, 1.807) is 12.4 Å². The molecule has 1 heterocycles. The smallest absolute Gasteiger partial charge is 0.172 e. The van der Waals surface area contributed by atoms with Crippen LogP contribution in [0, 0.1) is 0 Å². The first-order chi connectivity index (χ1) is 5.34. The van der Waals surface area contributed by atoms with Crippen molar-refractivity contribution < 1.29 is 0 Å². The molecular weight excluding hydrogens is 140 g/mol. The largest absolute Gasteiger partial charge is 0.381 e. The fraction of sp³-hybridized carbons (Fsp3) is 0.429. The van der Waals surface area contributed by atoms with Gasteiger partial charge in [-0.15, -0.1) is 0 Å². The van der Waals surface area contributed by atoms with E-state index in [4.69, 9.17) is 5.73 Å². The Morgan fingerprint density at radius 1 is 1.82 bits per heavy atom. The Kier molecular flexibility index (Phi) is 2.66. The number of nitrogens with one attached hydrogen (secondary N) is 1. The summed E-state index contributed by atoms with van der Waals surface area (Å²) in [6.45, 7) is 2.81. The molecule has 1 aromatic rings. The van der Waals surface area contributed by atoms with Crippen molar-refractivity contribution in [2.75, 3.05) is 6.54 Å². The highest BCUT2D eigenvalue weighted by atomic mass is 15.0. The number of imidazole rings is 1. The van der Waals surface area contributed by atoms with Crippen molar-refractivity contribution in [2.24, 2.45) is 10.7 Å². The number of H-pyrrole nitrogens is 1. The summed E-state index contributed by atoms with van der Waals surface area (Å²) in [5.41, 5.74) is 5.58. The van der Waals surface area contributed by atoms with Gasteiger partial charge in [-0.3, -0.25) is 4.99 Å². The minimum absolute atomic E-state index is 0.483. The lowest BCUT2D eigenvalue weighted by Gasteiger charge is -1.93. The lowest BCUT2D eigenvalue weighted by molar-refractivity contribution is 0.927. The summed E-state index contributed by atoms with van der Waals surface area (Å²) in [5.74, 6) is 1.13. The van der Waals surface area contributed by atoms with E-state index < -0.39 is 0 Å². The lowest BCUT2D eigenvalue weighted by atomic mass is 10.5. The van der Waals surface area contributed by atoms with Gasteiger partial charge in [-0.2, -0.15) is 0 Å². The minimum atomic E-state index is 0.483. The Bertz CT molecular complexity index is 225. The monoisotopic (exact) mass is 152 g/mol. The van der Waals surface area contributed by atoms with Gasteiger partial charge in [0.25, 0.3) is 0 Å². The molecule has 0 saturated heterocycles. The van der Waals surface area contributed by atoms with E-state index in [0.717, 1.165) is 13.0 Å². The maximum atomic E-state index is 5.58. The maximum Gasteiger partial charge on any atom is 0.172 e. The lowest BCUT2D eigenvalue weighted by Crippen LogP contribution is -2.15. The van der Waals surface area contributed by atoms with Crippen LogP contribution in [0.25, 0.3) is 0 Å². The molecule has 3 N–H and O–H groups in total. The molecule has 60 valence electrons. The third-order valence-corrected chi connectivity index (χ3v) is 1.25. The highest BCUT2D eigenvalue weighted by Gasteiger charge is 1.97. The highest BCUT2D eigenvalue weighted by Crippen LogP contribution is 1.88. The molecule has 0 aliphatic carbocycles. The molecule has 4 nitrogen and oxygen atoms in total. The zero-order chi connectivity index (χ0) is 8.10. The molecule has 0 amide bonds. The minimum Gasteiger partial charge on any atom is -0.381 e. The van der Waals surface area contributed by atoms with E-state index in [1.807, 2.05) is 0 Å². The summed E-state index contributed by atoms with van der Waals surface area (Å²) >= 11 is 0. The van der Waals surface area contributed by atoms with Crippen LogP contribution in [0.3, 0.4) is 0 Å². The van der Waals surface area contributed by atoms with Gasteiger partial charge in [-0.05, 0) is 6.42 Å². The van der Waals surface area contributed by atoms with Crippen LogP contribution in [-0.4, -0.2) is 22.3 Å². The summed E-state index contributed by atoms with van der Waals surface area (Å²) < 4.78 is 0. The normalized spacial score (nSPS) is 11.9. The standard InChI is InChI=1S/C7H12N4/c1-2-3-9-6(8)7-10-4-5-11-7/h4-5H,2-3H2,1H3,(H2,8,9)(H,10,11). The predicted octanol–water partition coefficient (Wildman–Crippen LogP) is 0.525. The molecule has 0 fully saturated rings. The first-order valence-corrected chi connectivity index (χ1v) is 3.64. The molecule has 0 aliphatic heterocycles. The Labute approximate surface area is 65.6 Å². The zero-order valence-electron chi connectivity index (χ0n) is 6.54. The summed E-state index contributed by atoms with van der Waals surface area (Å²) in [5, 5.41) is 0. The maximum absolute atomic E-state index is 5.58. The number of rotatable bonds is 3. The average molecular weight is 152 g/mol. The molecule has 0 aliphatic rings. The average Bonchev–Trinajstić information content (AvgIpc) is 2.52. The number of nitrogens with two attached hydrogens (primary N) is 1. The third kappa shape index (κ3) is 2.07. The zero-order valence-corrected chi connectivity index (χ0v) is 6.54. The van der Waals surface area contributed by atoms with Crippen molar-refractivity contribution in [1.82, 2.24) is 9.97 Å². The number of aromatic nitrogens is 2. The number of amidine groups is 1. The molecule has 0 unspecified atom stereocenters. The van der Waals surface area contributed by atoms with E-state index in [0.29, 0.717) is 11.7 Å². The number of nitrogens with zero attached hydrogens (tertiary/aromatic N) is 2. The number of aliphatic imine (C=N–C) groups is 1. The SMILES string of the molecule is CCCN=C(N)c1ncc[nH]1. The Morgan fingerprint density at radius 2 is 2.64 bits per heavy atom. The van der Waals surface area contributed by atoms with E-state index in [2.05, 4.69) is 21.9 Å². The quantitative estimate of drug-likeness (QED) is 0.490. The van der Waals surface area contributed by atoms with Crippen molar-refractivity contribution in [3.8, 4) is 0 Å². The Morgan fingerprint density at radius 3 is 3.18 bits per heavy atom. The predicted molar refractivity (Wildman–Crippen MR) is 44.5 cm³/mol. The molecule has 0 saturated carbocycles. The van der Waals surface area contributed by atoms with Crippen LogP contribution in [0.5, 0.6) is 0 Å². The second-order valence-corrected chi connectivity index (χ2v) is 2.20. The van der Waals surface area contributed by atoms with Gasteiger partial charge in [0.2, 0.25) is 0 Å².